The first kappa shape index (κ1) is 23.7. The molecule has 0 bridgehead atoms. The lowest BCUT2D eigenvalue weighted by atomic mass is 10.1. The molecule has 0 aliphatic rings. The molecule has 0 fully saturated rings. The van der Waals surface area contributed by atoms with Crippen LogP contribution in [0, 0.1) is 0 Å². The van der Waals surface area contributed by atoms with E-state index < -0.39 is 15.9 Å². The lowest BCUT2D eigenvalue weighted by molar-refractivity contribution is 0.0985. The summed E-state index contributed by atoms with van der Waals surface area (Å²) in [5.41, 5.74) is 2.62. The Hall–Kier alpha value is -4.02. The number of aromatic amines is 1. The zero-order chi connectivity index (χ0) is 25.3. The third kappa shape index (κ3) is 4.48. The fourth-order valence-corrected chi connectivity index (χ4v) is 5.99. The van der Waals surface area contributed by atoms with Crippen LogP contribution in [0.5, 0.6) is 0 Å². The topological polar surface area (TPSA) is 114 Å². The van der Waals surface area contributed by atoms with Crippen molar-refractivity contribution >= 4 is 38.3 Å². The number of aromatic nitrogens is 3. The third-order valence-electron chi connectivity index (χ3n) is 5.63. The first-order valence-corrected chi connectivity index (χ1v) is 13.6. The van der Waals surface area contributed by atoms with Crippen molar-refractivity contribution in [3.63, 3.8) is 0 Å². The van der Waals surface area contributed by atoms with Gasteiger partial charge in [0.1, 0.15) is 9.88 Å². The van der Waals surface area contributed by atoms with Crippen LogP contribution >= 0.6 is 11.3 Å². The van der Waals surface area contributed by atoms with Gasteiger partial charge in [0.25, 0.3) is 15.9 Å². The van der Waals surface area contributed by atoms with Gasteiger partial charge in [-0.05, 0) is 24.6 Å². The first-order chi connectivity index (χ1) is 17.4. The van der Waals surface area contributed by atoms with Crippen molar-refractivity contribution in [2.75, 3.05) is 0 Å². The molecule has 3 aromatic carbocycles. The second-order valence-electron chi connectivity index (χ2n) is 8.12. The highest BCUT2D eigenvalue weighted by Crippen LogP contribution is 2.34. The predicted octanol–water partition coefficient (Wildman–Crippen LogP) is 4.65. The van der Waals surface area contributed by atoms with E-state index >= 15 is 0 Å². The van der Waals surface area contributed by atoms with Crippen LogP contribution in [0.1, 0.15) is 23.0 Å². The van der Waals surface area contributed by atoms with Gasteiger partial charge in [-0.25, -0.2) is 22.9 Å². The van der Waals surface area contributed by atoms with E-state index in [0.717, 1.165) is 23.3 Å². The minimum atomic E-state index is -4.22. The van der Waals surface area contributed by atoms with Gasteiger partial charge in [-0.15, -0.1) is 11.3 Å². The summed E-state index contributed by atoms with van der Waals surface area (Å²) in [6, 6.07) is 22.9. The quantitative estimate of drug-likeness (QED) is 0.326. The maximum atomic E-state index is 13.3. The Labute approximate surface area is 211 Å². The van der Waals surface area contributed by atoms with Crippen LogP contribution in [0.2, 0.25) is 0 Å². The molecule has 2 N–H and O–H groups in total. The molecule has 5 rings (SSSR count). The van der Waals surface area contributed by atoms with E-state index in [4.69, 9.17) is 0 Å². The molecule has 5 aromatic rings. The lowest BCUT2D eigenvalue weighted by Gasteiger charge is -2.08. The van der Waals surface area contributed by atoms with E-state index in [-0.39, 0.29) is 15.5 Å². The van der Waals surface area contributed by atoms with Gasteiger partial charge >= 0.3 is 5.69 Å². The number of rotatable bonds is 7. The van der Waals surface area contributed by atoms with Crippen LogP contribution in [-0.4, -0.2) is 28.9 Å². The number of fused-ring (bicyclic) bond motifs is 1. The molecule has 2 heterocycles. The Bertz CT molecular complexity index is 1720. The van der Waals surface area contributed by atoms with Crippen molar-refractivity contribution in [1.82, 2.24) is 19.3 Å². The smallest absolute Gasteiger partial charge is 0.305 e. The highest BCUT2D eigenvalue weighted by atomic mass is 32.2. The standard InChI is InChI=1S/C26H22N4O4S2/c1-2-15-30-21-14-13-19(16-20(21)27-26(30)32)36(33,34)29-24(31)23-22(17-9-5-3-6-10-17)28-25(35-23)18-11-7-4-8-12-18/h3-14,16H,2,15H2,1H3,(H,27,32)(H,29,31). The molecule has 0 spiro atoms. The number of nitrogens with zero attached hydrogens (tertiary/aromatic N) is 2. The summed E-state index contributed by atoms with van der Waals surface area (Å²) in [7, 11) is -4.22. The van der Waals surface area contributed by atoms with Crippen molar-refractivity contribution in [3.8, 4) is 21.8 Å². The van der Waals surface area contributed by atoms with Gasteiger partial charge in [-0.2, -0.15) is 0 Å². The maximum Gasteiger partial charge on any atom is 0.326 e. The highest BCUT2D eigenvalue weighted by molar-refractivity contribution is 7.90. The van der Waals surface area contributed by atoms with E-state index in [1.807, 2.05) is 67.6 Å². The third-order valence-corrected chi connectivity index (χ3v) is 8.06. The van der Waals surface area contributed by atoms with Gasteiger partial charge in [0.15, 0.2) is 0 Å². The van der Waals surface area contributed by atoms with E-state index in [1.165, 1.54) is 12.1 Å². The Balaban J connectivity index is 1.51. The molecule has 36 heavy (non-hydrogen) atoms. The zero-order valence-corrected chi connectivity index (χ0v) is 20.9. The monoisotopic (exact) mass is 518 g/mol. The van der Waals surface area contributed by atoms with Crippen LogP contribution in [0.3, 0.4) is 0 Å². The average molecular weight is 519 g/mol. The molecule has 0 aliphatic heterocycles. The van der Waals surface area contributed by atoms with Crippen LogP contribution in [-0.2, 0) is 16.6 Å². The molecular weight excluding hydrogens is 496 g/mol. The van der Waals surface area contributed by atoms with Gasteiger partial charge < -0.3 is 4.98 Å². The van der Waals surface area contributed by atoms with Crippen molar-refractivity contribution in [2.24, 2.45) is 0 Å². The van der Waals surface area contributed by atoms with E-state index in [0.29, 0.717) is 33.8 Å². The Morgan fingerprint density at radius 2 is 1.67 bits per heavy atom. The van der Waals surface area contributed by atoms with Crippen molar-refractivity contribution in [2.45, 2.75) is 24.8 Å². The first-order valence-electron chi connectivity index (χ1n) is 11.3. The van der Waals surface area contributed by atoms with E-state index in [2.05, 4.69) is 14.7 Å². The number of nitrogens with one attached hydrogen (secondary N) is 2. The number of benzene rings is 3. The summed E-state index contributed by atoms with van der Waals surface area (Å²) in [4.78, 5) is 32.9. The summed E-state index contributed by atoms with van der Waals surface area (Å²) in [5.74, 6) is -0.773. The molecule has 0 atom stereocenters. The number of carbonyl (C=O) groups excluding carboxylic acids is 1. The van der Waals surface area contributed by atoms with Gasteiger partial charge in [0.05, 0.1) is 21.6 Å². The molecule has 0 unspecified atom stereocenters. The minimum Gasteiger partial charge on any atom is -0.305 e. The van der Waals surface area contributed by atoms with Gasteiger partial charge in [-0.3, -0.25) is 9.36 Å². The SMILES string of the molecule is CCCn1c(=O)[nH]c2cc(S(=O)(=O)NC(=O)c3sc(-c4ccccc4)nc3-c3ccccc3)ccc21. The van der Waals surface area contributed by atoms with E-state index in [1.54, 1.807) is 10.6 Å². The van der Waals surface area contributed by atoms with Crippen molar-refractivity contribution in [1.29, 1.82) is 0 Å². The van der Waals surface area contributed by atoms with Crippen molar-refractivity contribution in [3.05, 3.63) is 94.2 Å². The highest BCUT2D eigenvalue weighted by Gasteiger charge is 2.25. The number of hydrogen-bond donors (Lipinski definition) is 2. The summed E-state index contributed by atoms with van der Waals surface area (Å²) in [6.07, 6.45) is 0.756. The molecule has 10 heteroatoms. The normalized spacial score (nSPS) is 11.6. The molecule has 182 valence electrons. The van der Waals surface area contributed by atoms with Gasteiger partial charge in [0, 0.05) is 17.7 Å². The van der Waals surface area contributed by atoms with Crippen LogP contribution in [0.15, 0.2) is 88.6 Å². The van der Waals surface area contributed by atoms with Crippen LogP contribution in [0.4, 0.5) is 0 Å². The largest absolute Gasteiger partial charge is 0.326 e. The van der Waals surface area contributed by atoms with E-state index in [9.17, 15) is 18.0 Å². The van der Waals surface area contributed by atoms with Crippen LogP contribution < -0.4 is 10.4 Å². The Morgan fingerprint density at radius 3 is 2.33 bits per heavy atom. The number of thiazole rings is 1. The fraction of sp³-hybridized carbons (Fsp3) is 0.115. The molecule has 0 saturated carbocycles. The molecule has 0 aliphatic carbocycles. The summed E-state index contributed by atoms with van der Waals surface area (Å²) in [6.45, 7) is 2.46. The number of sulfonamides is 1. The average Bonchev–Trinajstić information content (AvgIpc) is 3.47. The number of hydrogen-bond acceptors (Lipinski definition) is 6. The van der Waals surface area contributed by atoms with Gasteiger partial charge in [0.2, 0.25) is 0 Å². The minimum absolute atomic E-state index is 0.123. The summed E-state index contributed by atoms with van der Waals surface area (Å²) in [5, 5.41) is 0.605. The Morgan fingerprint density at radius 1 is 1.00 bits per heavy atom. The molecule has 1 amide bonds. The van der Waals surface area contributed by atoms with Gasteiger partial charge in [-0.1, -0.05) is 67.6 Å². The second kappa shape index (κ2) is 9.56. The summed E-state index contributed by atoms with van der Waals surface area (Å²) >= 11 is 1.13. The molecular formula is C26H22N4O4S2. The zero-order valence-electron chi connectivity index (χ0n) is 19.3. The number of amides is 1. The van der Waals surface area contributed by atoms with Crippen molar-refractivity contribution < 1.29 is 13.2 Å². The number of carbonyl (C=O) groups is 1. The summed E-state index contributed by atoms with van der Waals surface area (Å²) < 4.78 is 30.0. The number of aryl methyl sites for hydroxylation is 1. The molecule has 2 aromatic heterocycles. The Kier molecular flexibility index (Phi) is 6.29. The molecule has 8 nitrogen and oxygen atoms in total. The number of imidazole rings is 1. The fourth-order valence-electron chi connectivity index (χ4n) is 3.95. The molecule has 0 saturated heterocycles. The molecule has 0 radical (unpaired) electrons. The maximum absolute atomic E-state index is 13.3. The van der Waals surface area contributed by atoms with Crippen LogP contribution in [0.25, 0.3) is 32.9 Å². The lowest BCUT2D eigenvalue weighted by Crippen LogP contribution is -2.30. The second-order valence-corrected chi connectivity index (χ2v) is 10.8. The predicted molar refractivity (Wildman–Crippen MR) is 140 cm³/mol. The number of H-pyrrole nitrogens is 1.